The third-order valence-corrected chi connectivity index (χ3v) is 5.00. The Balaban J connectivity index is 1.63. The summed E-state index contributed by atoms with van der Waals surface area (Å²) in [6.45, 7) is 0.390. The van der Waals surface area contributed by atoms with E-state index < -0.39 is 0 Å². The minimum Gasteiger partial charge on any atom is -0.493 e. The Morgan fingerprint density at radius 3 is 2.32 bits per heavy atom. The van der Waals surface area contributed by atoms with Gasteiger partial charge in [-0.1, -0.05) is 30.3 Å². The number of ether oxygens (including phenoxy) is 3. The molecule has 6 nitrogen and oxygen atoms in total. The van der Waals surface area contributed by atoms with Crippen LogP contribution in [0.4, 0.5) is 0 Å². The largest absolute Gasteiger partial charge is 0.493 e. The Kier molecular flexibility index (Phi) is 6.49. The zero-order chi connectivity index (χ0) is 19.9. The minimum absolute atomic E-state index is 0.106. The fraction of sp³-hybridized carbons (Fsp3) is 0.238. The van der Waals surface area contributed by atoms with Gasteiger partial charge in [-0.3, -0.25) is 4.79 Å². The van der Waals surface area contributed by atoms with Crippen LogP contribution in [-0.4, -0.2) is 32.2 Å². The van der Waals surface area contributed by atoms with Crippen LogP contribution < -0.4 is 19.5 Å². The van der Waals surface area contributed by atoms with Gasteiger partial charge in [-0.05, 0) is 17.7 Å². The highest BCUT2D eigenvalue weighted by molar-refractivity contribution is 7.09. The smallest absolute Gasteiger partial charge is 0.224 e. The summed E-state index contributed by atoms with van der Waals surface area (Å²) in [5, 5.41) is 5.77. The lowest BCUT2D eigenvalue weighted by atomic mass is 10.1. The summed E-state index contributed by atoms with van der Waals surface area (Å²) in [7, 11) is 4.65. The van der Waals surface area contributed by atoms with Crippen molar-refractivity contribution in [2.45, 2.75) is 13.0 Å². The normalized spacial score (nSPS) is 10.4. The maximum Gasteiger partial charge on any atom is 0.224 e. The number of thiazole rings is 1. The van der Waals surface area contributed by atoms with Gasteiger partial charge in [0.2, 0.25) is 11.7 Å². The fourth-order valence-electron chi connectivity index (χ4n) is 2.79. The number of hydrogen-bond acceptors (Lipinski definition) is 6. The number of methoxy groups -OCH3 is 3. The van der Waals surface area contributed by atoms with Gasteiger partial charge in [0.1, 0.15) is 5.01 Å². The number of benzene rings is 2. The van der Waals surface area contributed by atoms with Gasteiger partial charge in [0.05, 0.1) is 40.0 Å². The number of carbonyl (C=O) groups excluding carboxylic acids is 1. The summed E-state index contributed by atoms with van der Waals surface area (Å²) < 4.78 is 16.0. The van der Waals surface area contributed by atoms with E-state index in [1.54, 1.807) is 33.5 Å². The molecular formula is C21H22N2O4S. The first-order chi connectivity index (χ1) is 13.6. The SMILES string of the molecule is COc1cc(CC(=O)NCc2nc(-c3ccccc3)cs2)cc(OC)c1OC. The fourth-order valence-corrected chi connectivity index (χ4v) is 3.54. The number of aromatic nitrogens is 1. The molecule has 0 fully saturated rings. The van der Waals surface area contributed by atoms with E-state index in [1.807, 2.05) is 35.7 Å². The first-order valence-corrected chi connectivity index (χ1v) is 9.58. The summed E-state index contributed by atoms with van der Waals surface area (Å²) in [6.07, 6.45) is 0.202. The van der Waals surface area contributed by atoms with Gasteiger partial charge in [0.15, 0.2) is 11.5 Å². The Bertz CT molecular complexity index is 916. The van der Waals surface area contributed by atoms with Crippen molar-refractivity contribution in [3.05, 3.63) is 58.4 Å². The van der Waals surface area contributed by atoms with E-state index in [1.165, 1.54) is 11.3 Å². The van der Waals surface area contributed by atoms with Gasteiger partial charge in [-0.25, -0.2) is 4.98 Å². The van der Waals surface area contributed by atoms with Crippen molar-refractivity contribution in [1.82, 2.24) is 10.3 Å². The molecule has 0 atom stereocenters. The number of rotatable bonds is 8. The summed E-state index contributed by atoms with van der Waals surface area (Å²) in [5.74, 6) is 1.45. The maximum absolute atomic E-state index is 12.4. The third kappa shape index (κ3) is 4.61. The topological polar surface area (TPSA) is 69.7 Å². The molecule has 1 amide bonds. The molecule has 28 heavy (non-hydrogen) atoms. The predicted molar refractivity (Wildman–Crippen MR) is 109 cm³/mol. The standard InChI is InChI=1S/C21H22N2O4S/c1-25-17-9-14(10-18(26-2)21(17)27-3)11-19(24)22-12-20-23-16(13-28-20)15-7-5-4-6-8-15/h4-10,13H,11-12H2,1-3H3,(H,22,24). The van der Waals surface area contributed by atoms with Crippen LogP contribution in [-0.2, 0) is 17.8 Å². The highest BCUT2D eigenvalue weighted by Crippen LogP contribution is 2.38. The predicted octanol–water partition coefficient (Wildman–Crippen LogP) is 3.69. The zero-order valence-electron chi connectivity index (χ0n) is 16.0. The van der Waals surface area contributed by atoms with E-state index in [9.17, 15) is 4.79 Å². The van der Waals surface area contributed by atoms with Gasteiger partial charge in [-0.15, -0.1) is 11.3 Å². The molecule has 3 rings (SSSR count). The molecule has 0 radical (unpaired) electrons. The molecule has 0 saturated carbocycles. The molecule has 2 aromatic carbocycles. The third-order valence-electron chi connectivity index (χ3n) is 4.15. The quantitative estimate of drug-likeness (QED) is 0.627. The zero-order valence-corrected chi connectivity index (χ0v) is 16.8. The van der Waals surface area contributed by atoms with Crippen molar-refractivity contribution < 1.29 is 19.0 Å². The van der Waals surface area contributed by atoms with Crippen LogP contribution in [0.2, 0.25) is 0 Å². The van der Waals surface area contributed by atoms with E-state index in [4.69, 9.17) is 14.2 Å². The van der Waals surface area contributed by atoms with Gasteiger partial charge >= 0.3 is 0 Å². The summed E-state index contributed by atoms with van der Waals surface area (Å²) in [4.78, 5) is 17.0. The van der Waals surface area contributed by atoms with E-state index in [2.05, 4.69) is 10.3 Å². The molecule has 0 saturated heterocycles. The first-order valence-electron chi connectivity index (χ1n) is 8.70. The monoisotopic (exact) mass is 398 g/mol. The second kappa shape index (κ2) is 9.23. The Morgan fingerprint density at radius 2 is 1.71 bits per heavy atom. The van der Waals surface area contributed by atoms with E-state index in [-0.39, 0.29) is 12.3 Å². The summed E-state index contributed by atoms with van der Waals surface area (Å²) in [6, 6.07) is 13.5. The lowest BCUT2D eigenvalue weighted by Gasteiger charge is -2.14. The molecule has 7 heteroatoms. The van der Waals surface area contributed by atoms with E-state index >= 15 is 0 Å². The van der Waals surface area contributed by atoms with Crippen molar-refractivity contribution in [3.63, 3.8) is 0 Å². The molecule has 146 valence electrons. The average molecular weight is 398 g/mol. The van der Waals surface area contributed by atoms with Gasteiger partial charge in [0, 0.05) is 10.9 Å². The molecule has 0 unspecified atom stereocenters. The van der Waals surface area contributed by atoms with Gasteiger partial charge in [0.25, 0.3) is 0 Å². The van der Waals surface area contributed by atoms with Crippen LogP contribution in [0.5, 0.6) is 17.2 Å². The van der Waals surface area contributed by atoms with Crippen LogP contribution in [0.25, 0.3) is 11.3 Å². The number of hydrogen-bond donors (Lipinski definition) is 1. The Morgan fingerprint density at radius 1 is 1.04 bits per heavy atom. The van der Waals surface area contributed by atoms with Crippen LogP contribution in [0.3, 0.4) is 0 Å². The van der Waals surface area contributed by atoms with Crippen LogP contribution in [0, 0.1) is 0 Å². The highest BCUT2D eigenvalue weighted by atomic mass is 32.1. The summed E-state index contributed by atoms with van der Waals surface area (Å²) in [5.41, 5.74) is 2.75. The highest BCUT2D eigenvalue weighted by Gasteiger charge is 2.15. The lowest BCUT2D eigenvalue weighted by molar-refractivity contribution is -0.120. The molecule has 3 aromatic rings. The van der Waals surface area contributed by atoms with Crippen molar-refractivity contribution >= 4 is 17.2 Å². The molecular weight excluding hydrogens is 376 g/mol. The second-order valence-electron chi connectivity index (χ2n) is 5.98. The molecule has 1 heterocycles. The molecule has 1 N–H and O–H groups in total. The van der Waals surface area contributed by atoms with Crippen molar-refractivity contribution in [3.8, 4) is 28.5 Å². The number of nitrogens with one attached hydrogen (secondary N) is 1. The van der Waals surface area contributed by atoms with Crippen LogP contribution in [0.1, 0.15) is 10.6 Å². The number of nitrogens with zero attached hydrogens (tertiary/aromatic N) is 1. The first kappa shape index (κ1) is 19.7. The van der Waals surface area contributed by atoms with Crippen LogP contribution in [0.15, 0.2) is 47.8 Å². The summed E-state index contributed by atoms with van der Waals surface area (Å²) >= 11 is 1.53. The van der Waals surface area contributed by atoms with E-state index in [0.717, 1.165) is 21.8 Å². The number of amides is 1. The molecule has 0 aliphatic carbocycles. The second-order valence-corrected chi connectivity index (χ2v) is 6.92. The van der Waals surface area contributed by atoms with E-state index in [0.29, 0.717) is 23.8 Å². The Hall–Kier alpha value is -3.06. The van der Waals surface area contributed by atoms with Crippen molar-refractivity contribution in [1.29, 1.82) is 0 Å². The molecule has 1 aromatic heterocycles. The molecule has 0 spiro atoms. The average Bonchev–Trinajstić information content (AvgIpc) is 3.21. The van der Waals surface area contributed by atoms with Gasteiger partial charge < -0.3 is 19.5 Å². The Labute approximate surface area is 168 Å². The molecule has 0 aliphatic rings. The van der Waals surface area contributed by atoms with Gasteiger partial charge in [-0.2, -0.15) is 0 Å². The van der Waals surface area contributed by atoms with Crippen LogP contribution >= 0.6 is 11.3 Å². The molecule has 0 aliphatic heterocycles. The van der Waals surface area contributed by atoms with Crippen molar-refractivity contribution in [2.75, 3.05) is 21.3 Å². The lowest BCUT2D eigenvalue weighted by Crippen LogP contribution is -2.24. The maximum atomic E-state index is 12.4. The van der Waals surface area contributed by atoms with Crippen molar-refractivity contribution in [2.24, 2.45) is 0 Å². The minimum atomic E-state index is -0.106. The molecule has 0 bridgehead atoms. The number of carbonyl (C=O) groups is 1.